The van der Waals surface area contributed by atoms with E-state index in [9.17, 15) is 27.1 Å². The average Bonchev–Trinajstić information content (AvgIpc) is 2.86. The monoisotopic (exact) mass is 628 g/mol. The molecule has 0 aliphatic rings. The molecule has 14 heteroatoms. The molecule has 5 atom stereocenters. The van der Waals surface area contributed by atoms with Gasteiger partial charge in [0.1, 0.15) is 0 Å². The number of ether oxygens (including phenoxy) is 3. The van der Waals surface area contributed by atoms with Crippen LogP contribution in [-0.4, -0.2) is 90.7 Å². The normalized spacial score (nSPS) is 14.9. The second-order valence-corrected chi connectivity index (χ2v) is 11.9. The summed E-state index contributed by atoms with van der Waals surface area (Å²) >= 11 is 0. The van der Waals surface area contributed by atoms with Crippen LogP contribution in [0.15, 0.2) is 0 Å². The van der Waals surface area contributed by atoms with Crippen LogP contribution < -0.4 is 0 Å². The Balaban J connectivity index is -0.000000960. The Labute approximate surface area is 264 Å². The van der Waals surface area contributed by atoms with Crippen molar-refractivity contribution in [1.82, 2.24) is 0 Å². The molecule has 0 bridgehead atoms. The Hall–Kier alpha value is -0.0400. The fraction of sp³-hybridized carbons (Fsp3) is 0.923. The maximum absolute atomic E-state index is 12.2. The number of carbonyl (C=O) groups excluding carboxylic acids is 2. The molecule has 0 aliphatic heterocycles. The SMILES string of the molecule is CCCCC(CC)COC(=O)CC(C(=O)OCC(CC)CCCC)S(=O)(=O)O.CCCCOC(C)O[PH](=O)O.[NaH]. The summed E-state index contributed by atoms with van der Waals surface area (Å²) in [5, 5.41) is -1.95. The van der Waals surface area contributed by atoms with E-state index >= 15 is 0 Å². The Kier molecular flexibility index (Phi) is 30.8. The van der Waals surface area contributed by atoms with Crippen molar-refractivity contribution in [3.63, 3.8) is 0 Å². The van der Waals surface area contributed by atoms with Gasteiger partial charge in [-0.25, -0.2) is 0 Å². The van der Waals surface area contributed by atoms with E-state index in [0.717, 1.165) is 64.2 Å². The van der Waals surface area contributed by atoms with Gasteiger partial charge in [-0.15, -0.1) is 0 Å². The van der Waals surface area contributed by atoms with Gasteiger partial charge in [-0.2, -0.15) is 8.42 Å². The van der Waals surface area contributed by atoms with Crippen LogP contribution in [0.4, 0.5) is 0 Å². The van der Waals surface area contributed by atoms with Crippen LogP contribution in [0, 0.1) is 11.8 Å². The first kappa shape index (κ1) is 44.4. The number of rotatable bonds is 22. The van der Waals surface area contributed by atoms with Crippen LogP contribution in [0.2, 0.25) is 0 Å². The van der Waals surface area contributed by atoms with Gasteiger partial charge < -0.3 is 19.1 Å². The van der Waals surface area contributed by atoms with Gasteiger partial charge in [0.05, 0.1) is 19.6 Å². The molecule has 0 saturated carbocycles. The maximum atomic E-state index is 12.2. The number of unbranched alkanes of at least 4 members (excludes halogenated alkanes) is 3. The standard InChI is InChI=1S/C20H38O7S.C6H15O4P.Na.H/c1-5-9-11-16(7-3)14-26-19(21)13-18(28(23,24)25)20(22)27-15-17(8-4)12-10-6-2;1-3-4-5-9-6(2)10-11(7)8;;/h16-18H,5-15H2,1-4H3,(H,23,24,25);6,11H,3-5H2,1-2H3,(H,7,8);;. The van der Waals surface area contributed by atoms with Crippen LogP contribution in [0.5, 0.6) is 0 Å². The molecule has 0 spiro atoms. The van der Waals surface area contributed by atoms with Gasteiger partial charge >= 0.3 is 49.8 Å². The van der Waals surface area contributed by atoms with Crippen LogP contribution in [0.3, 0.4) is 0 Å². The number of hydrogen-bond acceptors (Lipinski definition) is 9. The predicted molar refractivity (Wildman–Crippen MR) is 158 cm³/mol. The predicted octanol–water partition coefficient (Wildman–Crippen LogP) is 5.05. The van der Waals surface area contributed by atoms with E-state index in [1.54, 1.807) is 6.92 Å². The van der Waals surface area contributed by atoms with Gasteiger partial charge in [0, 0.05) is 6.61 Å². The molecule has 40 heavy (non-hydrogen) atoms. The van der Waals surface area contributed by atoms with E-state index in [1.165, 1.54) is 0 Å². The Morgan fingerprint density at radius 2 is 1.32 bits per heavy atom. The minimum absolute atomic E-state index is 0. The Morgan fingerprint density at radius 3 is 1.73 bits per heavy atom. The van der Waals surface area contributed by atoms with E-state index in [1.807, 2.05) is 20.8 Å². The molecule has 236 valence electrons. The Morgan fingerprint density at radius 1 is 0.850 bits per heavy atom. The second kappa shape index (κ2) is 27.8. The fourth-order valence-electron chi connectivity index (χ4n) is 3.39. The third kappa shape index (κ3) is 25.7. The topological polar surface area (TPSA) is 163 Å². The van der Waals surface area contributed by atoms with Crippen molar-refractivity contribution < 1.29 is 50.8 Å². The first-order valence-corrected chi connectivity index (χ1v) is 16.9. The van der Waals surface area contributed by atoms with E-state index in [0.29, 0.717) is 6.61 Å². The first-order chi connectivity index (χ1) is 18.4. The number of esters is 2. The zero-order valence-electron chi connectivity index (χ0n) is 24.7. The zero-order chi connectivity index (χ0) is 30.3. The summed E-state index contributed by atoms with van der Waals surface area (Å²) in [6.45, 7) is 12.6. The molecule has 0 aromatic rings. The number of carbonyl (C=O) groups is 2. The molecule has 0 radical (unpaired) electrons. The molecule has 0 aromatic carbocycles. The van der Waals surface area contributed by atoms with Gasteiger partial charge in [-0.1, -0.05) is 79.6 Å². The van der Waals surface area contributed by atoms with Gasteiger partial charge in [-0.3, -0.25) is 23.2 Å². The molecular formula is C26H54NaO11PS. The molecule has 0 aliphatic carbocycles. The van der Waals surface area contributed by atoms with Crippen molar-refractivity contribution in [3.05, 3.63) is 0 Å². The van der Waals surface area contributed by atoms with Crippen molar-refractivity contribution in [2.75, 3.05) is 19.8 Å². The summed E-state index contributed by atoms with van der Waals surface area (Å²) in [6, 6.07) is 0. The zero-order valence-corrected chi connectivity index (χ0v) is 26.5. The van der Waals surface area contributed by atoms with Crippen molar-refractivity contribution in [1.29, 1.82) is 0 Å². The van der Waals surface area contributed by atoms with Gasteiger partial charge in [-0.05, 0) is 38.0 Å². The first-order valence-electron chi connectivity index (χ1n) is 14.2. The minimum atomic E-state index is -4.76. The molecule has 5 unspecified atom stereocenters. The van der Waals surface area contributed by atoms with E-state index < -0.39 is 48.3 Å². The van der Waals surface area contributed by atoms with E-state index in [4.69, 9.17) is 19.1 Å². The quantitative estimate of drug-likeness (QED) is 0.0412. The van der Waals surface area contributed by atoms with Crippen molar-refractivity contribution >= 4 is 59.9 Å². The van der Waals surface area contributed by atoms with Gasteiger partial charge in [0.2, 0.25) is 0 Å². The van der Waals surface area contributed by atoms with Crippen molar-refractivity contribution in [3.8, 4) is 0 Å². The van der Waals surface area contributed by atoms with Crippen LogP contribution in [0.1, 0.15) is 112 Å². The van der Waals surface area contributed by atoms with Crippen LogP contribution in [-0.2, 0) is 43.0 Å². The van der Waals surface area contributed by atoms with E-state index in [-0.39, 0.29) is 54.6 Å². The van der Waals surface area contributed by atoms with Crippen molar-refractivity contribution in [2.45, 2.75) is 124 Å². The Bertz CT molecular complexity index is 768. The molecule has 0 rings (SSSR count). The summed E-state index contributed by atoms with van der Waals surface area (Å²) in [5.41, 5.74) is 0. The second-order valence-electron chi connectivity index (χ2n) is 9.53. The van der Waals surface area contributed by atoms with Crippen molar-refractivity contribution in [2.24, 2.45) is 11.8 Å². The molecule has 0 aromatic heterocycles. The summed E-state index contributed by atoms with van der Waals surface area (Å²) in [6.07, 6.45) is 8.16. The fourth-order valence-corrected chi connectivity index (χ4v) is 4.40. The van der Waals surface area contributed by atoms with Crippen LogP contribution >= 0.6 is 8.25 Å². The number of hydrogen-bond donors (Lipinski definition) is 2. The average molecular weight is 629 g/mol. The molecule has 2 N–H and O–H groups in total. The summed E-state index contributed by atoms with van der Waals surface area (Å²) < 4.78 is 62.4. The van der Waals surface area contributed by atoms with Gasteiger partial charge in [0.15, 0.2) is 11.5 Å². The molecule has 11 nitrogen and oxygen atoms in total. The summed E-state index contributed by atoms with van der Waals surface area (Å²) in [7, 11) is -7.61. The van der Waals surface area contributed by atoms with Crippen LogP contribution in [0.25, 0.3) is 0 Å². The molecule has 0 amide bonds. The van der Waals surface area contributed by atoms with E-state index in [2.05, 4.69) is 18.4 Å². The molecule has 0 fully saturated rings. The molecule has 0 heterocycles. The molecular weight excluding hydrogens is 574 g/mol. The summed E-state index contributed by atoms with van der Waals surface area (Å²) in [5.74, 6) is -1.61. The summed E-state index contributed by atoms with van der Waals surface area (Å²) in [4.78, 5) is 32.5. The third-order valence-electron chi connectivity index (χ3n) is 6.12. The van der Waals surface area contributed by atoms with Gasteiger partial charge in [0.25, 0.3) is 10.1 Å². The molecule has 0 saturated heterocycles. The third-order valence-corrected chi connectivity index (χ3v) is 7.73.